The molecule has 0 unspecified atom stereocenters. The molecule has 0 aliphatic carbocycles. The van der Waals surface area contributed by atoms with Crippen molar-refractivity contribution < 1.29 is 43.8 Å². The maximum Gasteiger partial charge on any atom is 0.335 e. The van der Waals surface area contributed by atoms with Crippen LogP contribution in [-0.4, -0.2) is 100.0 Å². The fourth-order valence-electron chi connectivity index (χ4n) is 8.26. The largest absolute Gasteiger partial charge is 0.508 e. The molecule has 2 aliphatic heterocycles. The summed E-state index contributed by atoms with van der Waals surface area (Å²) in [6, 6.07) is 21.2. The average molecular weight is 872 g/mol. The molecule has 2 aliphatic rings. The number of rotatable bonds is 13. The van der Waals surface area contributed by atoms with Gasteiger partial charge in [0.05, 0.1) is 10.9 Å². The minimum Gasteiger partial charge on any atom is -0.508 e. The van der Waals surface area contributed by atoms with Crippen molar-refractivity contribution in [1.29, 1.82) is 0 Å². The molecule has 4 heterocycles. The van der Waals surface area contributed by atoms with Crippen LogP contribution in [0.15, 0.2) is 107 Å². The fourth-order valence-corrected chi connectivity index (χ4v) is 10.3. The van der Waals surface area contributed by atoms with Crippen LogP contribution in [0, 0.1) is 11.8 Å². The first kappa shape index (κ1) is 44.5. The highest BCUT2D eigenvalue weighted by molar-refractivity contribution is 8.76. The average Bonchev–Trinajstić information content (AvgIpc) is 3.79. The highest BCUT2D eigenvalue weighted by Gasteiger charge is 2.59. The number of ether oxygens (including phenoxy) is 3. The van der Waals surface area contributed by atoms with Gasteiger partial charge in [-0.05, 0) is 110 Å². The molecule has 8 atom stereocenters. The van der Waals surface area contributed by atoms with Crippen molar-refractivity contribution in [2.45, 2.75) is 62.3 Å². The number of carboxylic acids is 1. The number of allylic oxidation sites excluding steroid dienone is 1. The molecule has 61 heavy (non-hydrogen) atoms. The number of carbonyl (C=O) groups is 1. The summed E-state index contributed by atoms with van der Waals surface area (Å²) in [4.78, 5) is 29.2. The van der Waals surface area contributed by atoms with Crippen LogP contribution in [0.3, 0.4) is 0 Å². The second-order valence-electron chi connectivity index (χ2n) is 15.7. The van der Waals surface area contributed by atoms with Crippen molar-refractivity contribution in [3.05, 3.63) is 124 Å². The van der Waals surface area contributed by atoms with Gasteiger partial charge in [-0.15, -0.1) is 0 Å². The van der Waals surface area contributed by atoms with Crippen LogP contribution in [0.1, 0.15) is 42.4 Å². The summed E-state index contributed by atoms with van der Waals surface area (Å²) in [6.45, 7) is 3.47. The number of hydrogen-bond donors (Lipinski definition) is 7. The number of phenolic OH excluding ortho intramolecular Hbond substituents is 1. The summed E-state index contributed by atoms with van der Waals surface area (Å²) >= 11 is 0. The number of phenols is 1. The standard InChI is InChI=1S/C46H53N3O10S2/c1-28(7-5-10-29-8-3-4-9-30(29)11-6-19-47-2)36-23-49-26-46(55)43(57-27-61-60-25-38(36)32-18-20-48-22-32)41(52)42(44(53)54)59-45(46)58-34-16-17-35-39(21-34)56-24-37(40(35)51)31-12-14-33(50)15-13-31/h3-5,8-10,12-18,20-22,24,28,36,38,41-43,45,47-50,52,55H,6-7,11,19,23,25-27H2,1-2H3,(H,53,54)/b10-5+/t28-,36-,38+,41+,42-,43-,45+,46+/m0/s1. The topological polar surface area (TPSA) is 196 Å². The Labute approximate surface area is 362 Å². The Kier molecular flexibility index (Phi) is 15.0. The lowest BCUT2D eigenvalue weighted by atomic mass is 9.78. The molecule has 0 radical (unpaired) electrons. The first-order valence-corrected chi connectivity index (χ1v) is 22.9. The first-order chi connectivity index (χ1) is 29.6. The Bertz CT molecular complexity index is 2310. The number of β-amino-alcohol motifs (C(OH)–C–C–N with tert-alkyl or cyclic N) is 1. The van der Waals surface area contributed by atoms with Crippen LogP contribution in [-0.2, 0) is 20.7 Å². The molecule has 7 rings (SSSR count). The number of aromatic nitrogens is 1. The number of benzene rings is 3. The Hall–Kier alpha value is -4.58. The highest BCUT2D eigenvalue weighted by Crippen LogP contribution is 2.41. The number of aromatic amines is 1. The SMILES string of the molecule is CNCCCc1ccccc1/C=C/C[C@H](C)[C@@H]1CNC[C@]2(O)[C@H](Oc3ccc4c(=O)c(-c5ccc(O)cc5)coc4c3)O[C@H](C(=O)O)[C@@H](O)[C@@H]2OCSSC[C@@H]1c1cc[nH]c1. The van der Waals surface area contributed by atoms with Gasteiger partial charge < -0.3 is 54.7 Å². The van der Waals surface area contributed by atoms with Crippen molar-refractivity contribution >= 4 is 44.6 Å². The van der Waals surface area contributed by atoms with Crippen molar-refractivity contribution in [1.82, 2.24) is 15.6 Å². The number of aliphatic hydroxyl groups excluding tert-OH is 1. The molecular weight excluding hydrogens is 819 g/mol. The maximum atomic E-state index is 13.5. The third kappa shape index (κ3) is 10.4. The molecule has 13 nitrogen and oxygen atoms in total. The van der Waals surface area contributed by atoms with Gasteiger partial charge in [-0.25, -0.2) is 4.79 Å². The Morgan fingerprint density at radius 2 is 1.93 bits per heavy atom. The highest BCUT2D eigenvalue weighted by atomic mass is 33.1. The van der Waals surface area contributed by atoms with Gasteiger partial charge in [0.2, 0.25) is 6.29 Å². The maximum absolute atomic E-state index is 13.5. The molecule has 5 aromatic rings. The summed E-state index contributed by atoms with van der Waals surface area (Å²) in [5.41, 5.74) is 2.32. The number of carboxylic acid groups (broad SMARTS) is 1. The van der Waals surface area contributed by atoms with Gasteiger partial charge in [-0.3, -0.25) is 4.79 Å². The Morgan fingerprint density at radius 3 is 2.70 bits per heavy atom. The van der Waals surface area contributed by atoms with Gasteiger partial charge >= 0.3 is 5.97 Å². The van der Waals surface area contributed by atoms with Gasteiger partial charge in [0, 0.05) is 30.8 Å². The number of nitrogens with one attached hydrogen (secondary N) is 3. The normalized spacial score (nSPS) is 25.6. The van der Waals surface area contributed by atoms with Crippen molar-refractivity contribution in [2.24, 2.45) is 11.8 Å². The minimum absolute atomic E-state index is 0.0365. The Morgan fingerprint density at radius 1 is 1.11 bits per heavy atom. The van der Waals surface area contributed by atoms with E-state index in [4.69, 9.17) is 18.6 Å². The van der Waals surface area contributed by atoms with E-state index in [1.807, 2.05) is 19.4 Å². The number of hydrogen-bond acceptors (Lipinski definition) is 13. The molecule has 3 aromatic carbocycles. The molecule has 7 N–H and O–H groups in total. The van der Waals surface area contributed by atoms with Crippen molar-refractivity contribution in [2.75, 3.05) is 38.4 Å². The van der Waals surface area contributed by atoms with Crippen molar-refractivity contribution in [3.63, 3.8) is 0 Å². The van der Waals surface area contributed by atoms with E-state index in [9.17, 15) is 30.0 Å². The van der Waals surface area contributed by atoms with Crippen LogP contribution in [0.2, 0.25) is 0 Å². The van der Waals surface area contributed by atoms with E-state index >= 15 is 0 Å². The summed E-state index contributed by atoms with van der Waals surface area (Å²) in [5.74, 6) is -0.0716. The zero-order valence-electron chi connectivity index (χ0n) is 34.1. The molecule has 324 valence electrons. The van der Waals surface area contributed by atoms with Crippen LogP contribution < -0.4 is 20.8 Å². The van der Waals surface area contributed by atoms with Crippen molar-refractivity contribution in [3.8, 4) is 22.6 Å². The van der Waals surface area contributed by atoms with Crippen LogP contribution >= 0.6 is 21.6 Å². The third-order valence-electron chi connectivity index (χ3n) is 11.6. The fraction of sp³-hybridized carbons (Fsp3) is 0.391. The number of aryl methyl sites for hydroxylation is 1. The van der Waals surface area contributed by atoms with Gasteiger partial charge in [0.15, 0.2) is 17.1 Å². The van der Waals surface area contributed by atoms with E-state index in [2.05, 4.69) is 65.0 Å². The molecule has 0 saturated carbocycles. The van der Waals surface area contributed by atoms with Gasteiger partial charge in [-0.2, -0.15) is 0 Å². The zero-order chi connectivity index (χ0) is 42.9. The molecule has 15 heteroatoms. The molecule has 0 bridgehead atoms. The lowest BCUT2D eigenvalue weighted by Gasteiger charge is -2.48. The second kappa shape index (κ2) is 20.5. The molecule has 0 spiro atoms. The monoisotopic (exact) mass is 871 g/mol. The number of H-pyrrole nitrogens is 1. The zero-order valence-corrected chi connectivity index (χ0v) is 35.7. The predicted octanol–water partition coefficient (Wildman–Crippen LogP) is 6.39. The van der Waals surface area contributed by atoms with Crippen LogP contribution in [0.5, 0.6) is 11.5 Å². The third-order valence-corrected chi connectivity index (χ3v) is 13.7. The van der Waals surface area contributed by atoms with E-state index in [1.165, 1.54) is 64.1 Å². The molecule has 2 aromatic heterocycles. The molecule has 0 amide bonds. The number of fused-ring (bicyclic) bond motifs is 2. The molecule has 2 saturated heterocycles. The van der Waals surface area contributed by atoms with Crippen LogP contribution in [0.4, 0.5) is 0 Å². The number of aromatic hydroxyl groups is 1. The summed E-state index contributed by atoms with van der Waals surface area (Å²) in [6.07, 6.45) is 5.98. The van der Waals surface area contributed by atoms with Gasteiger partial charge in [0.25, 0.3) is 0 Å². The first-order valence-electron chi connectivity index (χ1n) is 20.5. The smallest absolute Gasteiger partial charge is 0.335 e. The van der Waals surface area contributed by atoms with Crippen LogP contribution in [0.25, 0.3) is 28.2 Å². The summed E-state index contributed by atoms with van der Waals surface area (Å²) in [5, 5.41) is 50.8. The number of aliphatic hydroxyl groups is 2. The lowest BCUT2D eigenvalue weighted by Crippen LogP contribution is -2.72. The van der Waals surface area contributed by atoms with E-state index in [-0.39, 0.29) is 58.1 Å². The van der Waals surface area contributed by atoms with E-state index in [0.29, 0.717) is 17.7 Å². The second-order valence-corrected chi connectivity index (χ2v) is 18.1. The summed E-state index contributed by atoms with van der Waals surface area (Å²) < 4.78 is 24.2. The van der Waals surface area contributed by atoms with E-state index in [1.54, 1.807) is 22.9 Å². The lowest BCUT2D eigenvalue weighted by molar-refractivity contribution is -0.316. The minimum atomic E-state index is -2.09. The number of aliphatic carboxylic acids is 1. The Balaban J connectivity index is 1.15. The quantitative estimate of drug-likeness (QED) is 0.0508. The molecule has 2 fully saturated rings. The molecular formula is C46H53N3O10S2. The van der Waals surface area contributed by atoms with Gasteiger partial charge in [-0.1, -0.05) is 77.1 Å². The van der Waals surface area contributed by atoms with Gasteiger partial charge in [0.1, 0.15) is 41.5 Å². The summed E-state index contributed by atoms with van der Waals surface area (Å²) in [7, 11) is 5.00. The van der Waals surface area contributed by atoms with E-state index < -0.39 is 36.2 Å². The predicted molar refractivity (Wildman–Crippen MR) is 239 cm³/mol. The van der Waals surface area contributed by atoms with E-state index in [0.717, 1.165) is 31.6 Å².